The van der Waals surface area contributed by atoms with Crippen LogP contribution in [0.2, 0.25) is 0 Å². The van der Waals surface area contributed by atoms with E-state index in [0.29, 0.717) is 44.2 Å². The highest BCUT2D eigenvalue weighted by Gasteiger charge is 2.50. The number of carbonyl (C=O) groups excluding carboxylic acids is 2. The third kappa shape index (κ3) is 4.13. The molecular formula is C24H29N5O3. The first-order valence-electron chi connectivity index (χ1n) is 11.4. The minimum absolute atomic E-state index is 0.122. The van der Waals surface area contributed by atoms with Crippen LogP contribution in [0, 0.1) is 6.92 Å². The van der Waals surface area contributed by atoms with Crippen LogP contribution in [-0.2, 0) is 11.3 Å². The number of hydrogen-bond acceptors (Lipinski definition) is 6. The number of hydrogen-bond donors (Lipinski definition) is 0. The number of aromatic nitrogens is 2. The Kier molecular flexibility index (Phi) is 5.45. The molecule has 0 N–H and O–H groups in total. The molecule has 3 aliphatic heterocycles. The Bertz CT molecular complexity index is 1010. The summed E-state index contributed by atoms with van der Waals surface area (Å²) in [6, 6.07) is 11.6. The van der Waals surface area contributed by atoms with Gasteiger partial charge in [-0.3, -0.25) is 9.69 Å². The van der Waals surface area contributed by atoms with Gasteiger partial charge < -0.3 is 14.5 Å². The number of carbonyl (C=O) groups is 2. The van der Waals surface area contributed by atoms with E-state index in [0.717, 1.165) is 37.2 Å². The van der Waals surface area contributed by atoms with Crippen LogP contribution < -0.4 is 4.90 Å². The summed E-state index contributed by atoms with van der Waals surface area (Å²) < 4.78 is 5.81. The molecule has 168 valence electrons. The maximum absolute atomic E-state index is 13.3. The fraction of sp³-hybridized carbons (Fsp3) is 0.500. The number of anilines is 1. The molecule has 4 heterocycles. The van der Waals surface area contributed by atoms with Crippen LogP contribution in [0.5, 0.6) is 0 Å². The lowest BCUT2D eigenvalue weighted by molar-refractivity contribution is 0.0550. The summed E-state index contributed by atoms with van der Waals surface area (Å²) in [6.07, 6.45) is 3.80. The number of rotatable bonds is 4. The molecule has 2 amide bonds. The van der Waals surface area contributed by atoms with Gasteiger partial charge in [-0.05, 0) is 37.8 Å². The second kappa shape index (κ2) is 8.41. The Morgan fingerprint density at radius 1 is 1.06 bits per heavy atom. The van der Waals surface area contributed by atoms with Crippen LogP contribution in [0.25, 0.3) is 0 Å². The summed E-state index contributed by atoms with van der Waals surface area (Å²) in [4.78, 5) is 40.6. The number of likely N-dealkylation sites (tertiary alicyclic amines) is 1. The number of ether oxygens (including phenoxy) is 1. The molecule has 0 aliphatic carbocycles. The van der Waals surface area contributed by atoms with Gasteiger partial charge >= 0.3 is 6.09 Å². The van der Waals surface area contributed by atoms with Crippen molar-refractivity contribution >= 4 is 17.9 Å². The van der Waals surface area contributed by atoms with Gasteiger partial charge in [0.2, 0.25) is 5.95 Å². The van der Waals surface area contributed by atoms with Gasteiger partial charge in [0, 0.05) is 38.3 Å². The highest BCUT2D eigenvalue weighted by Crippen LogP contribution is 2.34. The van der Waals surface area contributed by atoms with Gasteiger partial charge in [-0.2, -0.15) is 0 Å². The average molecular weight is 436 g/mol. The van der Waals surface area contributed by atoms with Crippen molar-refractivity contribution in [3.05, 3.63) is 53.3 Å². The van der Waals surface area contributed by atoms with Crippen molar-refractivity contribution in [2.75, 3.05) is 37.6 Å². The van der Waals surface area contributed by atoms with Crippen LogP contribution in [-0.4, -0.2) is 70.1 Å². The zero-order valence-corrected chi connectivity index (χ0v) is 18.5. The fourth-order valence-corrected chi connectivity index (χ4v) is 4.91. The molecule has 0 radical (unpaired) electrons. The van der Waals surface area contributed by atoms with E-state index in [1.54, 1.807) is 15.9 Å². The van der Waals surface area contributed by atoms with Crippen molar-refractivity contribution in [3.8, 4) is 0 Å². The van der Waals surface area contributed by atoms with Gasteiger partial charge in [0.25, 0.3) is 5.91 Å². The van der Waals surface area contributed by atoms with Gasteiger partial charge in [0.05, 0.1) is 13.1 Å². The first kappa shape index (κ1) is 20.7. The Balaban J connectivity index is 1.28. The Hall–Kier alpha value is -3.16. The standard InChI is InChI=1S/C24H29N5O3/c1-18-14-20(26-22(25-18)27-11-6-3-7-12-27)21(30)28-13-10-24(16-28)17-29(23(31)32-24)15-19-8-4-2-5-9-19/h2,4-5,8-9,14H,3,6-7,10-13,15-17H2,1H3/t24-/m0/s1. The lowest BCUT2D eigenvalue weighted by Gasteiger charge is -2.27. The summed E-state index contributed by atoms with van der Waals surface area (Å²) >= 11 is 0. The average Bonchev–Trinajstić information content (AvgIpc) is 3.36. The maximum Gasteiger partial charge on any atom is 0.410 e. The van der Waals surface area contributed by atoms with Crippen molar-refractivity contribution in [2.45, 2.75) is 44.8 Å². The van der Waals surface area contributed by atoms with Gasteiger partial charge in [0.15, 0.2) is 5.60 Å². The molecular weight excluding hydrogens is 406 g/mol. The van der Waals surface area contributed by atoms with Gasteiger partial charge in [-0.1, -0.05) is 30.3 Å². The number of piperidine rings is 1. The van der Waals surface area contributed by atoms with E-state index in [2.05, 4.69) is 14.9 Å². The van der Waals surface area contributed by atoms with E-state index in [4.69, 9.17) is 4.74 Å². The summed E-state index contributed by atoms with van der Waals surface area (Å²) in [5.41, 5.74) is 1.63. The second-order valence-corrected chi connectivity index (χ2v) is 9.11. The third-order valence-corrected chi connectivity index (χ3v) is 6.56. The normalized spacial score (nSPS) is 23.2. The molecule has 0 saturated carbocycles. The molecule has 3 saturated heterocycles. The van der Waals surface area contributed by atoms with Crippen molar-refractivity contribution < 1.29 is 14.3 Å². The second-order valence-electron chi connectivity index (χ2n) is 9.11. The predicted octanol–water partition coefficient (Wildman–Crippen LogP) is 3.01. The molecule has 0 unspecified atom stereocenters. The topological polar surface area (TPSA) is 78.9 Å². The van der Waals surface area contributed by atoms with E-state index in [1.807, 2.05) is 37.3 Å². The first-order chi connectivity index (χ1) is 15.5. The Morgan fingerprint density at radius 3 is 2.62 bits per heavy atom. The molecule has 3 fully saturated rings. The first-order valence-corrected chi connectivity index (χ1v) is 11.4. The van der Waals surface area contributed by atoms with Gasteiger partial charge in [-0.25, -0.2) is 14.8 Å². The molecule has 1 atom stereocenters. The number of aryl methyl sites for hydroxylation is 1. The van der Waals surface area contributed by atoms with Crippen molar-refractivity contribution in [2.24, 2.45) is 0 Å². The maximum atomic E-state index is 13.3. The molecule has 0 bridgehead atoms. The molecule has 5 rings (SSSR count). The van der Waals surface area contributed by atoms with Crippen LogP contribution >= 0.6 is 0 Å². The molecule has 1 aromatic carbocycles. The molecule has 8 nitrogen and oxygen atoms in total. The van der Waals surface area contributed by atoms with Crippen LogP contribution in [0.15, 0.2) is 36.4 Å². The van der Waals surface area contributed by atoms with Crippen LogP contribution in [0.3, 0.4) is 0 Å². The monoisotopic (exact) mass is 435 g/mol. The Labute approximate surface area is 188 Å². The zero-order valence-electron chi connectivity index (χ0n) is 18.5. The van der Waals surface area contributed by atoms with Gasteiger partial charge in [-0.15, -0.1) is 0 Å². The van der Waals surface area contributed by atoms with Crippen molar-refractivity contribution in [1.82, 2.24) is 19.8 Å². The number of amides is 2. The molecule has 1 aromatic heterocycles. The largest absolute Gasteiger partial charge is 0.439 e. The van der Waals surface area contributed by atoms with E-state index in [-0.39, 0.29) is 12.0 Å². The highest BCUT2D eigenvalue weighted by molar-refractivity contribution is 5.93. The number of benzene rings is 1. The Morgan fingerprint density at radius 2 is 1.84 bits per heavy atom. The minimum Gasteiger partial charge on any atom is -0.439 e. The minimum atomic E-state index is -0.640. The summed E-state index contributed by atoms with van der Waals surface area (Å²) in [5, 5.41) is 0. The van der Waals surface area contributed by atoms with E-state index >= 15 is 0 Å². The quantitative estimate of drug-likeness (QED) is 0.735. The van der Waals surface area contributed by atoms with Crippen molar-refractivity contribution in [3.63, 3.8) is 0 Å². The number of nitrogens with zero attached hydrogens (tertiary/aromatic N) is 5. The molecule has 3 aliphatic rings. The van der Waals surface area contributed by atoms with Crippen LogP contribution in [0.1, 0.15) is 47.4 Å². The summed E-state index contributed by atoms with van der Waals surface area (Å²) in [7, 11) is 0. The lowest BCUT2D eigenvalue weighted by Crippen LogP contribution is -2.40. The zero-order chi connectivity index (χ0) is 22.1. The molecule has 32 heavy (non-hydrogen) atoms. The SMILES string of the molecule is Cc1cc(C(=O)N2CC[C@@]3(CN(Cc4ccccc4)C(=O)O3)C2)nc(N2CCCCC2)n1. The summed E-state index contributed by atoms with van der Waals surface area (Å²) in [6.45, 7) is 5.70. The predicted molar refractivity (Wildman–Crippen MR) is 119 cm³/mol. The molecule has 2 aromatic rings. The van der Waals surface area contributed by atoms with Crippen molar-refractivity contribution in [1.29, 1.82) is 0 Å². The highest BCUT2D eigenvalue weighted by atomic mass is 16.6. The van der Waals surface area contributed by atoms with Crippen LogP contribution in [0.4, 0.5) is 10.7 Å². The lowest BCUT2D eigenvalue weighted by atomic mass is 10.0. The molecule has 1 spiro atoms. The molecule has 8 heteroatoms. The van der Waals surface area contributed by atoms with E-state index < -0.39 is 5.60 Å². The van der Waals surface area contributed by atoms with Gasteiger partial charge in [0.1, 0.15) is 5.69 Å². The smallest absolute Gasteiger partial charge is 0.410 e. The van der Waals surface area contributed by atoms with E-state index in [1.165, 1.54) is 6.42 Å². The van der Waals surface area contributed by atoms with E-state index in [9.17, 15) is 9.59 Å². The fourth-order valence-electron chi connectivity index (χ4n) is 4.91. The third-order valence-electron chi connectivity index (χ3n) is 6.56. The summed E-state index contributed by atoms with van der Waals surface area (Å²) in [5.74, 6) is 0.520.